The zero-order chi connectivity index (χ0) is 18.5. The molecule has 0 atom stereocenters. The largest absolute Gasteiger partial charge is 0.343 e. The maximum absolute atomic E-state index is 12.2. The summed E-state index contributed by atoms with van der Waals surface area (Å²) in [6.45, 7) is 3.84. The van der Waals surface area contributed by atoms with E-state index in [2.05, 4.69) is 15.6 Å². The van der Waals surface area contributed by atoms with E-state index in [1.807, 2.05) is 32.0 Å². The van der Waals surface area contributed by atoms with Crippen LogP contribution in [0.3, 0.4) is 0 Å². The number of nitrogens with zero attached hydrogens (tertiary/aromatic N) is 1. The first kappa shape index (κ1) is 18.6. The highest BCUT2D eigenvalue weighted by molar-refractivity contribution is 7.15. The Morgan fingerprint density at radius 2 is 1.73 bits per heavy atom. The highest BCUT2D eigenvalue weighted by Crippen LogP contribution is 2.28. The average Bonchev–Trinajstić information content (AvgIpc) is 2.92. The molecule has 0 radical (unpaired) electrons. The number of amides is 2. The van der Waals surface area contributed by atoms with Gasteiger partial charge in [-0.1, -0.05) is 30.0 Å². The molecule has 0 saturated heterocycles. The van der Waals surface area contributed by atoms with Gasteiger partial charge < -0.3 is 10.6 Å². The number of hydrogen-bond acceptors (Lipinski definition) is 4. The Kier molecular flexibility index (Phi) is 6.04. The van der Waals surface area contributed by atoms with E-state index in [0.717, 1.165) is 36.1 Å². The number of benzene rings is 1. The second-order valence-corrected chi connectivity index (χ2v) is 7.99. The molecule has 2 amide bonds. The summed E-state index contributed by atoms with van der Waals surface area (Å²) in [7, 11) is 0. The first-order valence-corrected chi connectivity index (χ1v) is 9.98. The Bertz CT molecular complexity index is 768. The third kappa shape index (κ3) is 4.91. The van der Waals surface area contributed by atoms with Crippen LogP contribution in [0.5, 0.6) is 0 Å². The number of fused-ring (bicyclic) bond motifs is 1. The lowest BCUT2D eigenvalue weighted by molar-refractivity contribution is -0.115. The molecule has 0 bridgehead atoms. The molecule has 0 aliphatic heterocycles. The minimum atomic E-state index is -0.246. The van der Waals surface area contributed by atoms with Crippen molar-refractivity contribution in [3.8, 4) is 0 Å². The van der Waals surface area contributed by atoms with Crippen LogP contribution in [0, 0.1) is 13.8 Å². The Hall–Kier alpha value is -2.21. The molecule has 2 N–H and O–H groups in total. The molecule has 26 heavy (non-hydrogen) atoms. The first-order valence-electron chi connectivity index (χ1n) is 9.16. The van der Waals surface area contributed by atoms with Crippen molar-refractivity contribution in [1.82, 2.24) is 10.3 Å². The molecule has 0 saturated carbocycles. The van der Waals surface area contributed by atoms with Crippen LogP contribution in [0.4, 0.5) is 5.13 Å². The van der Waals surface area contributed by atoms with Gasteiger partial charge in [0.25, 0.3) is 5.91 Å². The zero-order valence-corrected chi connectivity index (χ0v) is 16.2. The summed E-state index contributed by atoms with van der Waals surface area (Å²) in [5.74, 6) is -0.484. The van der Waals surface area contributed by atoms with Crippen molar-refractivity contribution < 1.29 is 9.59 Å². The third-order valence-corrected chi connectivity index (χ3v) is 5.56. The number of aromatic nitrogens is 1. The molecule has 1 heterocycles. The quantitative estimate of drug-likeness (QED) is 0.859. The van der Waals surface area contributed by atoms with Crippen LogP contribution in [0.2, 0.25) is 0 Å². The third-order valence-electron chi connectivity index (χ3n) is 4.49. The van der Waals surface area contributed by atoms with Crippen molar-refractivity contribution >= 4 is 28.3 Å². The van der Waals surface area contributed by atoms with Crippen molar-refractivity contribution in [2.45, 2.75) is 52.4 Å². The molecular formula is C20H25N3O2S. The number of thiazole rings is 1. The molecule has 138 valence electrons. The summed E-state index contributed by atoms with van der Waals surface area (Å²) in [5, 5.41) is 6.15. The molecule has 1 aromatic carbocycles. The second kappa shape index (κ2) is 8.45. The summed E-state index contributed by atoms with van der Waals surface area (Å²) in [4.78, 5) is 30.3. The number of rotatable bonds is 4. The van der Waals surface area contributed by atoms with Gasteiger partial charge in [0.15, 0.2) is 5.13 Å². The molecule has 0 unspecified atom stereocenters. The predicted molar refractivity (Wildman–Crippen MR) is 105 cm³/mol. The smallest absolute Gasteiger partial charge is 0.251 e. The van der Waals surface area contributed by atoms with E-state index in [-0.39, 0.29) is 18.4 Å². The highest BCUT2D eigenvalue weighted by Gasteiger charge is 2.15. The van der Waals surface area contributed by atoms with Crippen LogP contribution >= 0.6 is 11.3 Å². The topological polar surface area (TPSA) is 71.1 Å². The molecule has 0 spiro atoms. The van der Waals surface area contributed by atoms with Gasteiger partial charge in [-0.05, 0) is 51.7 Å². The van der Waals surface area contributed by atoms with Gasteiger partial charge >= 0.3 is 0 Å². The molecule has 1 aliphatic carbocycles. The summed E-state index contributed by atoms with van der Waals surface area (Å²) in [6, 6.07) is 5.65. The minimum absolute atomic E-state index is 0.0595. The molecule has 6 heteroatoms. The summed E-state index contributed by atoms with van der Waals surface area (Å²) in [6.07, 6.45) is 6.91. The molecule has 1 aliphatic rings. The lowest BCUT2D eigenvalue weighted by atomic mass is 10.0. The normalized spacial score (nSPS) is 14.1. The Morgan fingerprint density at radius 3 is 2.46 bits per heavy atom. The van der Waals surface area contributed by atoms with E-state index in [4.69, 9.17) is 0 Å². The monoisotopic (exact) mass is 371 g/mol. The van der Waals surface area contributed by atoms with E-state index in [1.165, 1.54) is 24.1 Å². The zero-order valence-electron chi connectivity index (χ0n) is 15.4. The van der Waals surface area contributed by atoms with Crippen LogP contribution in [0.25, 0.3) is 0 Å². The Morgan fingerprint density at radius 1 is 1.04 bits per heavy atom. The van der Waals surface area contributed by atoms with Gasteiger partial charge in [0.2, 0.25) is 5.91 Å². The van der Waals surface area contributed by atoms with Crippen LogP contribution in [0.1, 0.15) is 57.7 Å². The highest BCUT2D eigenvalue weighted by atomic mass is 32.1. The van der Waals surface area contributed by atoms with E-state index in [9.17, 15) is 9.59 Å². The van der Waals surface area contributed by atoms with E-state index >= 15 is 0 Å². The minimum Gasteiger partial charge on any atom is -0.343 e. The van der Waals surface area contributed by atoms with Crippen LogP contribution < -0.4 is 10.6 Å². The van der Waals surface area contributed by atoms with Gasteiger partial charge in [-0.3, -0.25) is 9.59 Å². The molecular weight excluding hydrogens is 346 g/mol. The molecule has 2 aromatic rings. The SMILES string of the molecule is Cc1cc(C)cc(C(=O)NCC(=O)Nc2nc3c(s2)CCCCCC3)c1. The number of nitrogens with one attached hydrogen (secondary N) is 2. The lowest BCUT2D eigenvalue weighted by Crippen LogP contribution is -2.32. The molecule has 0 fully saturated rings. The molecule has 1 aromatic heterocycles. The van der Waals surface area contributed by atoms with Gasteiger partial charge in [-0.2, -0.15) is 0 Å². The summed E-state index contributed by atoms with van der Waals surface area (Å²) >= 11 is 1.57. The van der Waals surface area contributed by atoms with Crippen LogP contribution in [-0.4, -0.2) is 23.3 Å². The van der Waals surface area contributed by atoms with Crippen LogP contribution in [-0.2, 0) is 17.6 Å². The van der Waals surface area contributed by atoms with Gasteiger partial charge in [0, 0.05) is 10.4 Å². The van der Waals surface area contributed by atoms with Gasteiger partial charge in [-0.25, -0.2) is 4.98 Å². The Balaban J connectivity index is 1.55. The number of aryl methyl sites for hydroxylation is 4. The fourth-order valence-electron chi connectivity index (χ4n) is 3.29. The van der Waals surface area contributed by atoms with E-state index in [1.54, 1.807) is 11.3 Å². The van der Waals surface area contributed by atoms with Crippen molar-refractivity contribution in [2.75, 3.05) is 11.9 Å². The Labute approximate surface area is 158 Å². The van der Waals surface area contributed by atoms with Gasteiger partial charge in [-0.15, -0.1) is 11.3 Å². The number of anilines is 1. The fraction of sp³-hybridized carbons (Fsp3) is 0.450. The fourth-order valence-corrected chi connectivity index (χ4v) is 4.36. The van der Waals surface area contributed by atoms with E-state index < -0.39 is 0 Å². The molecule has 5 nitrogen and oxygen atoms in total. The molecule has 3 rings (SSSR count). The van der Waals surface area contributed by atoms with E-state index in [0.29, 0.717) is 10.7 Å². The summed E-state index contributed by atoms with van der Waals surface area (Å²) < 4.78 is 0. The summed E-state index contributed by atoms with van der Waals surface area (Å²) in [5.41, 5.74) is 3.76. The van der Waals surface area contributed by atoms with Crippen molar-refractivity contribution in [1.29, 1.82) is 0 Å². The number of carbonyl (C=O) groups is 2. The van der Waals surface area contributed by atoms with Gasteiger partial charge in [0.1, 0.15) is 0 Å². The standard InChI is InChI=1S/C20H25N3O2S/c1-13-9-14(2)11-15(10-13)19(25)21-12-18(24)23-20-22-16-7-5-3-4-6-8-17(16)26-20/h9-11H,3-8,12H2,1-2H3,(H,21,25)(H,22,23,24). The maximum atomic E-state index is 12.2. The maximum Gasteiger partial charge on any atom is 0.251 e. The second-order valence-electron chi connectivity index (χ2n) is 6.91. The first-order chi connectivity index (χ1) is 12.5. The number of hydrogen-bond donors (Lipinski definition) is 2. The van der Waals surface area contributed by atoms with Crippen LogP contribution in [0.15, 0.2) is 18.2 Å². The lowest BCUT2D eigenvalue weighted by Gasteiger charge is -2.07. The van der Waals surface area contributed by atoms with Crippen molar-refractivity contribution in [3.63, 3.8) is 0 Å². The number of carbonyl (C=O) groups excluding carboxylic acids is 2. The van der Waals surface area contributed by atoms with Crippen molar-refractivity contribution in [3.05, 3.63) is 45.5 Å². The average molecular weight is 372 g/mol. The predicted octanol–water partition coefficient (Wildman–Crippen LogP) is 3.79. The van der Waals surface area contributed by atoms with Crippen molar-refractivity contribution in [2.24, 2.45) is 0 Å². The van der Waals surface area contributed by atoms with Gasteiger partial charge in [0.05, 0.1) is 12.2 Å².